The third-order valence-corrected chi connectivity index (χ3v) is 9.03. The summed E-state index contributed by atoms with van der Waals surface area (Å²) in [7, 11) is 0. The zero-order chi connectivity index (χ0) is 30.5. The number of fused-ring (bicyclic) bond motifs is 6. The predicted octanol–water partition coefficient (Wildman–Crippen LogP) is 12.7. The molecule has 0 fully saturated rings. The maximum Gasteiger partial charge on any atom is 0.145 e. The number of nitrogens with zero attached hydrogens (tertiary/aromatic N) is 1. The second-order valence-corrected chi connectivity index (χ2v) is 11.8. The van der Waals surface area contributed by atoms with Crippen LogP contribution in [0.25, 0.3) is 65.7 Å². The monoisotopic (exact) mass is 587 g/mol. The van der Waals surface area contributed by atoms with Gasteiger partial charge in [-0.2, -0.15) is 0 Å². The van der Waals surface area contributed by atoms with Crippen LogP contribution in [0.15, 0.2) is 180 Å². The zero-order valence-corrected chi connectivity index (χ0v) is 25.1. The minimum Gasteiger partial charge on any atom is -0.455 e. The van der Waals surface area contributed by atoms with Crippen LogP contribution in [0.1, 0.15) is 0 Å². The summed E-state index contributed by atoms with van der Waals surface area (Å²) in [6.45, 7) is 0. The molecule has 0 aliphatic heterocycles. The van der Waals surface area contributed by atoms with Gasteiger partial charge in [0.2, 0.25) is 0 Å². The minimum atomic E-state index is 0.900. The summed E-state index contributed by atoms with van der Waals surface area (Å²) in [4.78, 5) is 2.37. The molecule has 0 unspecified atom stereocenters. The summed E-state index contributed by atoms with van der Waals surface area (Å²) in [6.07, 6.45) is 0. The Kier molecular flexibility index (Phi) is 6.17. The molecule has 1 heterocycles. The summed E-state index contributed by atoms with van der Waals surface area (Å²) >= 11 is 0. The van der Waals surface area contributed by atoms with Crippen molar-refractivity contribution in [3.63, 3.8) is 0 Å². The van der Waals surface area contributed by atoms with Gasteiger partial charge < -0.3 is 9.32 Å². The number of furan rings is 1. The van der Waals surface area contributed by atoms with E-state index >= 15 is 0 Å². The second-order valence-electron chi connectivity index (χ2n) is 11.8. The van der Waals surface area contributed by atoms with Gasteiger partial charge in [0.05, 0.1) is 5.69 Å². The van der Waals surface area contributed by atoms with Gasteiger partial charge in [-0.25, -0.2) is 0 Å². The summed E-state index contributed by atoms with van der Waals surface area (Å²) in [5.41, 5.74) is 9.80. The van der Waals surface area contributed by atoms with E-state index in [4.69, 9.17) is 4.42 Å². The Morgan fingerprint density at radius 3 is 1.91 bits per heavy atom. The van der Waals surface area contributed by atoms with E-state index in [1.807, 2.05) is 6.07 Å². The molecule has 0 N–H and O–H groups in total. The van der Waals surface area contributed by atoms with E-state index in [0.29, 0.717) is 0 Å². The van der Waals surface area contributed by atoms with E-state index < -0.39 is 0 Å². The highest BCUT2D eigenvalue weighted by molar-refractivity contribution is 6.19. The lowest BCUT2D eigenvalue weighted by Gasteiger charge is -2.27. The molecule has 0 saturated carbocycles. The first-order valence-electron chi connectivity index (χ1n) is 15.7. The molecule has 0 radical (unpaired) electrons. The Labute approximate surface area is 267 Å². The van der Waals surface area contributed by atoms with Gasteiger partial charge in [-0.1, -0.05) is 127 Å². The fourth-order valence-electron chi connectivity index (χ4n) is 6.77. The first-order valence-corrected chi connectivity index (χ1v) is 15.7. The van der Waals surface area contributed by atoms with Crippen molar-refractivity contribution in [2.24, 2.45) is 0 Å². The van der Waals surface area contributed by atoms with Gasteiger partial charge in [-0.05, 0) is 86.9 Å². The van der Waals surface area contributed by atoms with Crippen LogP contribution in [0.5, 0.6) is 0 Å². The minimum absolute atomic E-state index is 0.900. The summed E-state index contributed by atoms with van der Waals surface area (Å²) < 4.78 is 6.61. The Morgan fingerprint density at radius 1 is 0.370 bits per heavy atom. The smallest absolute Gasteiger partial charge is 0.145 e. The fourth-order valence-corrected chi connectivity index (χ4v) is 6.77. The van der Waals surface area contributed by atoms with Gasteiger partial charge in [-0.15, -0.1) is 0 Å². The third-order valence-electron chi connectivity index (χ3n) is 9.03. The SMILES string of the molecule is c1ccc(-c2cccc(N(c3ccc(-c4ccc5ccccc5c4)cc3)c3cccc4ccc5c6ccccc6oc5c34)c2)cc1. The van der Waals surface area contributed by atoms with Crippen molar-refractivity contribution in [1.29, 1.82) is 0 Å². The van der Waals surface area contributed by atoms with Gasteiger partial charge in [0.25, 0.3) is 0 Å². The largest absolute Gasteiger partial charge is 0.455 e. The number of hydrogen-bond donors (Lipinski definition) is 0. The Bertz CT molecular complexity index is 2530. The van der Waals surface area contributed by atoms with Gasteiger partial charge in [0.1, 0.15) is 11.2 Å². The highest BCUT2D eigenvalue weighted by Gasteiger charge is 2.20. The first-order chi connectivity index (χ1) is 22.8. The molecule has 0 bridgehead atoms. The van der Waals surface area contributed by atoms with Crippen molar-refractivity contribution in [2.45, 2.75) is 0 Å². The molecule has 216 valence electrons. The van der Waals surface area contributed by atoms with Gasteiger partial charge in [-0.3, -0.25) is 0 Å². The molecule has 0 amide bonds. The van der Waals surface area contributed by atoms with E-state index in [0.717, 1.165) is 49.8 Å². The molecule has 8 aromatic carbocycles. The molecule has 2 heteroatoms. The molecule has 0 aliphatic rings. The summed E-state index contributed by atoms with van der Waals surface area (Å²) in [5.74, 6) is 0. The Morgan fingerprint density at radius 2 is 1.02 bits per heavy atom. The topological polar surface area (TPSA) is 16.4 Å². The van der Waals surface area contributed by atoms with Crippen molar-refractivity contribution in [3.05, 3.63) is 176 Å². The number of hydrogen-bond acceptors (Lipinski definition) is 2. The van der Waals surface area contributed by atoms with Gasteiger partial charge in [0.15, 0.2) is 0 Å². The van der Waals surface area contributed by atoms with Crippen LogP contribution >= 0.6 is 0 Å². The molecule has 2 nitrogen and oxygen atoms in total. The van der Waals surface area contributed by atoms with Crippen LogP contribution in [0, 0.1) is 0 Å². The molecule has 9 aromatic rings. The average Bonchev–Trinajstić information content (AvgIpc) is 3.51. The van der Waals surface area contributed by atoms with Crippen LogP contribution in [0.4, 0.5) is 17.1 Å². The molecule has 1 aromatic heterocycles. The zero-order valence-electron chi connectivity index (χ0n) is 25.1. The molecule has 9 rings (SSSR count). The van der Waals surface area contributed by atoms with E-state index in [9.17, 15) is 0 Å². The molecule has 0 spiro atoms. The van der Waals surface area contributed by atoms with Crippen molar-refractivity contribution in [3.8, 4) is 22.3 Å². The van der Waals surface area contributed by atoms with Gasteiger partial charge in [0, 0.05) is 27.5 Å². The molecular formula is C44H29NO. The lowest BCUT2D eigenvalue weighted by molar-refractivity contribution is 0.672. The average molecular weight is 588 g/mol. The lowest BCUT2D eigenvalue weighted by atomic mass is 9.99. The van der Waals surface area contributed by atoms with E-state index in [2.05, 4.69) is 175 Å². The molecule has 0 aliphatic carbocycles. The Hall–Kier alpha value is -6.12. The predicted molar refractivity (Wildman–Crippen MR) is 194 cm³/mol. The van der Waals surface area contributed by atoms with Crippen LogP contribution in [0.3, 0.4) is 0 Å². The molecule has 0 atom stereocenters. The maximum atomic E-state index is 6.61. The highest BCUT2D eigenvalue weighted by atomic mass is 16.3. The van der Waals surface area contributed by atoms with E-state index in [1.165, 1.54) is 33.0 Å². The molecule has 46 heavy (non-hydrogen) atoms. The van der Waals surface area contributed by atoms with E-state index in [1.54, 1.807) is 0 Å². The highest BCUT2D eigenvalue weighted by Crippen LogP contribution is 2.44. The van der Waals surface area contributed by atoms with Crippen molar-refractivity contribution in [2.75, 3.05) is 4.90 Å². The van der Waals surface area contributed by atoms with Crippen LogP contribution in [-0.2, 0) is 0 Å². The number of rotatable bonds is 5. The fraction of sp³-hybridized carbons (Fsp3) is 0. The van der Waals surface area contributed by atoms with Crippen molar-refractivity contribution >= 4 is 60.5 Å². The van der Waals surface area contributed by atoms with Crippen LogP contribution in [-0.4, -0.2) is 0 Å². The summed E-state index contributed by atoms with van der Waals surface area (Å²) in [6, 6.07) is 62.7. The number of para-hydroxylation sites is 1. The number of benzene rings is 8. The Balaban J connectivity index is 1.26. The van der Waals surface area contributed by atoms with E-state index in [-0.39, 0.29) is 0 Å². The molecule has 0 saturated heterocycles. The quantitative estimate of drug-likeness (QED) is 0.199. The van der Waals surface area contributed by atoms with Crippen LogP contribution < -0.4 is 4.90 Å². The normalized spacial score (nSPS) is 11.5. The van der Waals surface area contributed by atoms with Crippen LogP contribution in [0.2, 0.25) is 0 Å². The van der Waals surface area contributed by atoms with Gasteiger partial charge >= 0.3 is 0 Å². The standard InChI is InChI=1S/C44H29NO/c1-2-10-30(11-3-1)35-15-8-16-38(29-35)45(37-25-22-32(23-26-37)36-21-20-31-12-4-5-13-34(31)28-36)41-18-9-14-33-24-27-40-39-17-6-7-19-42(39)46-44(40)43(33)41/h1-29H. The first kappa shape index (κ1) is 26.3. The lowest BCUT2D eigenvalue weighted by Crippen LogP contribution is -2.10. The van der Waals surface area contributed by atoms with Crippen molar-refractivity contribution in [1.82, 2.24) is 0 Å². The molecular weight excluding hydrogens is 558 g/mol. The number of anilines is 3. The van der Waals surface area contributed by atoms with Crippen molar-refractivity contribution < 1.29 is 4.42 Å². The maximum absolute atomic E-state index is 6.61. The second kappa shape index (κ2) is 10.8. The third kappa shape index (κ3) is 4.43. The summed E-state index contributed by atoms with van der Waals surface area (Å²) in [5, 5.41) is 6.99.